The Bertz CT molecular complexity index is 965. The van der Waals surface area contributed by atoms with Crippen LogP contribution in [0.3, 0.4) is 0 Å². The minimum absolute atomic E-state index is 0.0278. The standard InChI is InChI=1S/C16H11N3O4S/c20-15-6-11-4-2-1-3-10(11)5-14(15)16(21)18-17-8-13-7-12(9-24-13)19(22)23/h1-9,20H,(H,18,21)/b17-8-. The first-order valence-corrected chi connectivity index (χ1v) is 7.70. The molecule has 0 saturated heterocycles. The molecule has 0 atom stereocenters. The molecule has 0 aliphatic rings. The number of phenols is 1. The van der Waals surface area contributed by atoms with Gasteiger partial charge in [-0.2, -0.15) is 5.10 Å². The third kappa shape index (κ3) is 3.23. The lowest BCUT2D eigenvalue weighted by Gasteiger charge is -2.05. The number of carbonyl (C=O) groups excluding carboxylic acids is 1. The van der Waals surface area contributed by atoms with E-state index >= 15 is 0 Å². The molecular weight excluding hydrogens is 330 g/mol. The van der Waals surface area contributed by atoms with Gasteiger partial charge in [0.15, 0.2) is 0 Å². The van der Waals surface area contributed by atoms with E-state index in [9.17, 15) is 20.0 Å². The Kier molecular flexibility index (Phi) is 4.21. The Morgan fingerprint density at radius 1 is 1.25 bits per heavy atom. The van der Waals surface area contributed by atoms with Crippen molar-refractivity contribution in [2.24, 2.45) is 5.10 Å². The average molecular weight is 341 g/mol. The lowest BCUT2D eigenvalue weighted by molar-refractivity contribution is -0.384. The summed E-state index contributed by atoms with van der Waals surface area (Å²) >= 11 is 1.14. The Balaban J connectivity index is 1.75. The van der Waals surface area contributed by atoms with E-state index in [-0.39, 0.29) is 17.0 Å². The van der Waals surface area contributed by atoms with Crippen LogP contribution in [0.4, 0.5) is 5.69 Å². The molecule has 7 nitrogen and oxygen atoms in total. The van der Waals surface area contributed by atoms with Gasteiger partial charge in [-0.1, -0.05) is 24.3 Å². The molecule has 0 fully saturated rings. The summed E-state index contributed by atoms with van der Waals surface area (Å²) in [6, 6.07) is 11.8. The van der Waals surface area contributed by atoms with Gasteiger partial charge in [0.05, 0.1) is 27.0 Å². The predicted octanol–water partition coefficient (Wildman–Crippen LogP) is 3.28. The number of nitro groups is 1. The van der Waals surface area contributed by atoms with Crippen molar-refractivity contribution in [3.05, 3.63) is 68.4 Å². The minimum Gasteiger partial charge on any atom is -0.507 e. The molecule has 24 heavy (non-hydrogen) atoms. The van der Waals surface area contributed by atoms with E-state index < -0.39 is 10.8 Å². The molecular formula is C16H11N3O4S. The molecule has 2 N–H and O–H groups in total. The van der Waals surface area contributed by atoms with Crippen LogP contribution >= 0.6 is 11.3 Å². The van der Waals surface area contributed by atoms with E-state index in [4.69, 9.17) is 0 Å². The maximum atomic E-state index is 12.1. The molecule has 0 spiro atoms. The van der Waals surface area contributed by atoms with Crippen LogP contribution in [-0.2, 0) is 0 Å². The monoisotopic (exact) mass is 341 g/mol. The van der Waals surface area contributed by atoms with Gasteiger partial charge in [0, 0.05) is 6.07 Å². The molecule has 120 valence electrons. The second-order valence-corrected chi connectivity index (χ2v) is 5.82. The first-order chi connectivity index (χ1) is 11.5. The van der Waals surface area contributed by atoms with Crippen LogP contribution in [0.1, 0.15) is 15.2 Å². The number of phenolic OH excluding ortho intramolecular Hbond substituents is 1. The number of hydrazone groups is 1. The molecule has 2 aromatic carbocycles. The number of nitrogens with zero attached hydrogens (tertiary/aromatic N) is 2. The third-order valence-electron chi connectivity index (χ3n) is 3.28. The smallest absolute Gasteiger partial charge is 0.280 e. The topological polar surface area (TPSA) is 105 Å². The average Bonchev–Trinajstić information content (AvgIpc) is 3.03. The molecule has 3 rings (SSSR count). The highest BCUT2D eigenvalue weighted by Gasteiger charge is 2.12. The van der Waals surface area contributed by atoms with Crippen molar-refractivity contribution in [2.45, 2.75) is 0 Å². The van der Waals surface area contributed by atoms with Crippen molar-refractivity contribution in [1.29, 1.82) is 0 Å². The molecule has 1 heterocycles. The van der Waals surface area contributed by atoms with Crippen LogP contribution in [0.25, 0.3) is 10.8 Å². The lowest BCUT2D eigenvalue weighted by atomic mass is 10.1. The van der Waals surface area contributed by atoms with E-state index in [1.54, 1.807) is 6.07 Å². The summed E-state index contributed by atoms with van der Waals surface area (Å²) in [5.74, 6) is -0.714. The largest absolute Gasteiger partial charge is 0.507 e. The van der Waals surface area contributed by atoms with Crippen molar-refractivity contribution in [3.63, 3.8) is 0 Å². The summed E-state index contributed by atoms with van der Waals surface area (Å²) in [4.78, 5) is 22.8. The summed E-state index contributed by atoms with van der Waals surface area (Å²) in [7, 11) is 0. The Morgan fingerprint density at radius 2 is 1.96 bits per heavy atom. The van der Waals surface area contributed by atoms with Gasteiger partial charge in [0.25, 0.3) is 11.6 Å². The van der Waals surface area contributed by atoms with E-state index in [0.29, 0.717) is 4.88 Å². The minimum atomic E-state index is -0.569. The van der Waals surface area contributed by atoms with Gasteiger partial charge in [0.1, 0.15) is 5.75 Å². The summed E-state index contributed by atoms with van der Waals surface area (Å²) in [5, 5.41) is 27.4. The number of hydrogen-bond acceptors (Lipinski definition) is 6. The van der Waals surface area contributed by atoms with E-state index in [1.807, 2.05) is 24.3 Å². The second-order valence-electron chi connectivity index (χ2n) is 4.88. The number of thiophene rings is 1. The van der Waals surface area contributed by atoms with Gasteiger partial charge in [-0.25, -0.2) is 5.43 Å². The van der Waals surface area contributed by atoms with E-state index in [0.717, 1.165) is 22.1 Å². The number of amides is 1. The Morgan fingerprint density at radius 3 is 2.62 bits per heavy atom. The molecule has 0 aliphatic heterocycles. The van der Waals surface area contributed by atoms with E-state index in [1.165, 1.54) is 23.7 Å². The molecule has 0 radical (unpaired) electrons. The maximum absolute atomic E-state index is 12.1. The van der Waals surface area contributed by atoms with Crippen LogP contribution in [-0.4, -0.2) is 22.2 Å². The van der Waals surface area contributed by atoms with Crippen molar-refractivity contribution in [1.82, 2.24) is 5.43 Å². The fourth-order valence-electron chi connectivity index (χ4n) is 2.13. The fourth-order valence-corrected chi connectivity index (χ4v) is 2.84. The van der Waals surface area contributed by atoms with Gasteiger partial charge in [-0.3, -0.25) is 14.9 Å². The molecule has 0 saturated carbocycles. The Hall–Kier alpha value is -3.26. The first kappa shape index (κ1) is 15.6. The number of hydrogen-bond donors (Lipinski definition) is 2. The van der Waals surface area contributed by atoms with Crippen LogP contribution in [0, 0.1) is 10.1 Å². The normalized spacial score (nSPS) is 11.0. The van der Waals surface area contributed by atoms with Crippen molar-refractivity contribution in [3.8, 4) is 5.75 Å². The van der Waals surface area contributed by atoms with Gasteiger partial charge >= 0.3 is 0 Å². The number of fused-ring (bicyclic) bond motifs is 1. The van der Waals surface area contributed by atoms with Crippen molar-refractivity contribution < 1.29 is 14.8 Å². The third-order valence-corrected chi connectivity index (χ3v) is 4.14. The second kappa shape index (κ2) is 6.47. The van der Waals surface area contributed by atoms with Crippen molar-refractivity contribution in [2.75, 3.05) is 0 Å². The highest BCUT2D eigenvalue weighted by molar-refractivity contribution is 7.12. The molecule has 1 aromatic heterocycles. The van der Waals surface area contributed by atoms with Gasteiger partial charge < -0.3 is 5.11 Å². The summed E-state index contributed by atoms with van der Waals surface area (Å²) in [6.45, 7) is 0. The molecule has 0 aliphatic carbocycles. The quantitative estimate of drug-likeness (QED) is 0.431. The first-order valence-electron chi connectivity index (χ1n) is 6.82. The zero-order valence-electron chi connectivity index (χ0n) is 12.2. The zero-order valence-corrected chi connectivity index (χ0v) is 13.0. The van der Waals surface area contributed by atoms with Crippen LogP contribution in [0.5, 0.6) is 5.75 Å². The molecule has 8 heteroatoms. The molecule has 0 bridgehead atoms. The van der Waals surface area contributed by atoms with Gasteiger partial charge in [0.2, 0.25) is 0 Å². The number of rotatable bonds is 4. The summed E-state index contributed by atoms with van der Waals surface area (Å²) in [6.07, 6.45) is 1.31. The van der Waals surface area contributed by atoms with Crippen LogP contribution < -0.4 is 5.43 Å². The number of nitrogens with one attached hydrogen (secondary N) is 1. The highest BCUT2D eigenvalue weighted by atomic mass is 32.1. The molecule has 3 aromatic rings. The predicted molar refractivity (Wildman–Crippen MR) is 91.6 cm³/mol. The summed E-state index contributed by atoms with van der Waals surface area (Å²) < 4.78 is 0. The lowest BCUT2D eigenvalue weighted by Crippen LogP contribution is -2.17. The number of carbonyl (C=O) groups is 1. The van der Waals surface area contributed by atoms with Crippen LogP contribution in [0.15, 0.2) is 52.9 Å². The maximum Gasteiger partial charge on any atom is 0.280 e. The van der Waals surface area contributed by atoms with Gasteiger partial charge in [-0.15, -0.1) is 11.3 Å². The Labute approximate surface area is 140 Å². The highest BCUT2D eigenvalue weighted by Crippen LogP contribution is 2.25. The molecule has 1 amide bonds. The van der Waals surface area contributed by atoms with E-state index in [2.05, 4.69) is 10.5 Å². The summed E-state index contributed by atoms with van der Waals surface area (Å²) in [5.41, 5.74) is 2.37. The SMILES string of the molecule is O=C(N/N=C\c1cc([N+](=O)[O-])cs1)c1cc2ccccc2cc1O. The number of aromatic hydroxyl groups is 1. The fraction of sp³-hybridized carbons (Fsp3) is 0. The van der Waals surface area contributed by atoms with Crippen LogP contribution in [0.2, 0.25) is 0 Å². The van der Waals surface area contributed by atoms with Crippen molar-refractivity contribution >= 4 is 39.9 Å². The number of benzene rings is 2. The molecule has 0 unspecified atom stereocenters. The van der Waals surface area contributed by atoms with Gasteiger partial charge in [-0.05, 0) is 22.9 Å². The zero-order chi connectivity index (χ0) is 17.1.